The van der Waals surface area contributed by atoms with Crippen LogP contribution >= 0.6 is 0 Å². The number of halogens is 2. The van der Waals surface area contributed by atoms with E-state index in [0.717, 1.165) is 6.92 Å². The van der Waals surface area contributed by atoms with Crippen molar-refractivity contribution in [3.05, 3.63) is 36.0 Å². The number of aromatic nitrogens is 4. The number of fused-ring (bicyclic) bond motifs is 1. The lowest BCUT2D eigenvalue weighted by Crippen LogP contribution is -2.23. The van der Waals surface area contributed by atoms with E-state index in [1.807, 2.05) is 6.92 Å². The van der Waals surface area contributed by atoms with Crippen molar-refractivity contribution in [1.82, 2.24) is 20.2 Å². The topological polar surface area (TPSA) is 86.7 Å². The summed E-state index contributed by atoms with van der Waals surface area (Å²) in [4.78, 5) is 8.48. The van der Waals surface area contributed by atoms with Crippen LogP contribution in [-0.4, -0.2) is 37.9 Å². The number of hydrogen-bond acceptors (Lipinski definition) is 5. The smallest absolute Gasteiger partial charge is 0.272 e. The van der Waals surface area contributed by atoms with E-state index in [1.54, 1.807) is 18.3 Å². The molecule has 0 spiro atoms. The van der Waals surface area contributed by atoms with Crippen LogP contribution in [0.15, 0.2) is 30.5 Å². The van der Waals surface area contributed by atoms with Gasteiger partial charge in [-0.2, -0.15) is 5.10 Å². The molecule has 1 atom stereocenters. The zero-order chi connectivity index (χ0) is 18.0. The molecule has 0 amide bonds. The predicted molar refractivity (Wildman–Crippen MR) is 91.5 cm³/mol. The second-order valence-electron chi connectivity index (χ2n) is 5.89. The number of nitrogens with zero attached hydrogens (tertiary/aromatic N) is 3. The molecule has 0 aliphatic rings. The summed E-state index contributed by atoms with van der Waals surface area (Å²) in [5.74, 6) is -2.66. The highest BCUT2D eigenvalue weighted by Gasteiger charge is 2.30. The van der Waals surface area contributed by atoms with Gasteiger partial charge in [-0.15, -0.1) is 0 Å². The summed E-state index contributed by atoms with van der Waals surface area (Å²) in [6.45, 7) is 2.67. The number of aromatic amines is 1. The molecule has 0 saturated heterocycles. The van der Waals surface area contributed by atoms with Gasteiger partial charge in [0, 0.05) is 24.1 Å². The van der Waals surface area contributed by atoms with E-state index in [9.17, 15) is 13.9 Å². The number of aliphatic hydroxyl groups excluding tert-OH is 1. The molecule has 25 heavy (non-hydrogen) atoms. The highest BCUT2D eigenvalue weighted by Crippen LogP contribution is 2.36. The number of anilines is 1. The van der Waals surface area contributed by atoms with Gasteiger partial charge in [0.1, 0.15) is 11.5 Å². The van der Waals surface area contributed by atoms with Gasteiger partial charge in [0.2, 0.25) is 0 Å². The normalized spacial score (nSPS) is 13.2. The van der Waals surface area contributed by atoms with Crippen molar-refractivity contribution >= 4 is 16.9 Å². The Labute approximate surface area is 143 Å². The van der Waals surface area contributed by atoms with E-state index in [-0.39, 0.29) is 23.9 Å². The molecular formula is C17H19F2N5O. The molecule has 0 aliphatic heterocycles. The molecule has 0 saturated carbocycles. The second-order valence-corrected chi connectivity index (χ2v) is 5.89. The van der Waals surface area contributed by atoms with Gasteiger partial charge in [0.05, 0.1) is 18.3 Å². The minimum absolute atomic E-state index is 0.0733. The maximum atomic E-state index is 14.1. The molecule has 0 aliphatic carbocycles. The van der Waals surface area contributed by atoms with Crippen LogP contribution in [-0.2, 0) is 5.92 Å². The zero-order valence-corrected chi connectivity index (χ0v) is 13.9. The van der Waals surface area contributed by atoms with Crippen LogP contribution in [0.2, 0.25) is 0 Å². The first-order valence-corrected chi connectivity index (χ1v) is 8.00. The Morgan fingerprint density at radius 3 is 2.80 bits per heavy atom. The van der Waals surface area contributed by atoms with Gasteiger partial charge in [0.25, 0.3) is 5.92 Å². The minimum Gasteiger partial charge on any atom is -0.394 e. The fraction of sp³-hybridized carbons (Fsp3) is 0.353. The van der Waals surface area contributed by atoms with Gasteiger partial charge < -0.3 is 10.4 Å². The third-order valence-corrected chi connectivity index (χ3v) is 4.00. The molecule has 0 fully saturated rings. The molecule has 3 aromatic heterocycles. The lowest BCUT2D eigenvalue weighted by Gasteiger charge is -2.19. The summed E-state index contributed by atoms with van der Waals surface area (Å²) in [6.07, 6.45) is 2.26. The van der Waals surface area contributed by atoms with Crippen molar-refractivity contribution in [3.8, 4) is 11.4 Å². The Morgan fingerprint density at radius 1 is 1.32 bits per heavy atom. The fourth-order valence-corrected chi connectivity index (χ4v) is 2.60. The standard InChI is InChI=1S/C17H19F2N5O/c1-3-10(9-25)21-13-7-6-12(17(2,18)19)15(22-13)14-11-5-4-8-20-16(11)24-23-14/h4-8,10,25H,3,9H2,1-2H3,(H,21,22)(H,20,23,24)/t10-/m1/s1. The zero-order valence-electron chi connectivity index (χ0n) is 13.9. The van der Waals surface area contributed by atoms with Crippen LogP contribution in [0.3, 0.4) is 0 Å². The van der Waals surface area contributed by atoms with Gasteiger partial charge in [0.15, 0.2) is 5.65 Å². The van der Waals surface area contributed by atoms with Gasteiger partial charge in [-0.3, -0.25) is 5.10 Å². The maximum Gasteiger partial charge on any atom is 0.272 e. The number of alkyl halides is 2. The second kappa shape index (κ2) is 6.72. The van der Waals surface area contributed by atoms with Crippen molar-refractivity contribution < 1.29 is 13.9 Å². The van der Waals surface area contributed by atoms with E-state index in [1.165, 1.54) is 12.1 Å². The quantitative estimate of drug-likeness (QED) is 0.637. The lowest BCUT2D eigenvalue weighted by molar-refractivity contribution is 0.0178. The van der Waals surface area contributed by atoms with Crippen molar-refractivity contribution in [2.45, 2.75) is 32.2 Å². The van der Waals surface area contributed by atoms with Crippen molar-refractivity contribution in [2.75, 3.05) is 11.9 Å². The fourth-order valence-electron chi connectivity index (χ4n) is 2.60. The highest BCUT2D eigenvalue weighted by molar-refractivity contribution is 5.90. The average Bonchev–Trinajstić information content (AvgIpc) is 3.02. The number of nitrogens with one attached hydrogen (secondary N) is 2. The van der Waals surface area contributed by atoms with E-state index in [4.69, 9.17) is 0 Å². The van der Waals surface area contributed by atoms with Crippen LogP contribution < -0.4 is 5.32 Å². The summed E-state index contributed by atoms with van der Waals surface area (Å²) in [7, 11) is 0. The Morgan fingerprint density at radius 2 is 2.12 bits per heavy atom. The van der Waals surface area contributed by atoms with Crippen LogP contribution in [0.5, 0.6) is 0 Å². The predicted octanol–water partition coefficient (Wildman–Crippen LogP) is 3.31. The van der Waals surface area contributed by atoms with E-state index in [0.29, 0.717) is 29.0 Å². The van der Waals surface area contributed by atoms with Crippen molar-refractivity contribution in [2.24, 2.45) is 0 Å². The molecule has 0 bridgehead atoms. The Kier molecular flexibility index (Phi) is 4.63. The molecular weight excluding hydrogens is 328 g/mol. The van der Waals surface area contributed by atoms with E-state index in [2.05, 4.69) is 25.5 Å². The Bertz CT molecular complexity index is 871. The molecule has 0 aromatic carbocycles. The Hall–Kier alpha value is -2.61. The largest absolute Gasteiger partial charge is 0.394 e. The summed E-state index contributed by atoms with van der Waals surface area (Å²) in [5.41, 5.74) is 0.732. The van der Waals surface area contributed by atoms with Gasteiger partial charge in [-0.1, -0.05) is 6.92 Å². The minimum atomic E-state index is -3.07. The van der Waals surface area contributed by atoms with Gasteiger partial charge in [-0.05, 0) is 30.7 Å². The van der Waals surface area contributed by atoms with Crippen molar-refractivity contribution in [3.63, 3.8) is 0 Å². The number of H-pyrrole nitrogens is 1. The number of rotatable bonds is 6. The SMILES string of the molecule is CC[C@H](CO)Nc1ccc(C(C)(F)F)c(-c2[nH]nc3ncccc23)n1. The number of aliphatic hydroxyl groups is 1. The third-order valence-electron chi connectivity index (χ3n) is 4.00. The molecule has 8 heteroatoms. The monoisotopic (exact) mass is 347 g/mol. The van der Waals surface area contributed by atoms with E-state index >= 15 is 0 Å². The molecule has 0 radical (unpaired) electrons. The molecule has 3 heterocycles. The number of pyridine rings is 2. The highest BCUT2D eigenvalue weighted by atomic mass is 19.3. The first-order valence-electron chi connectivity index (χ1n) is 8.00. The molecule has 0 unspecified atom stereocenters. The lowest BCUT2D eigenvalue weighted by atomic mass is 10.0. The van der Waals surface area contributed by atoms with Crippen LogP contribution in [0, 0.1) is 0 Å². The average molecular weight is 347 g/mol. The summed E-state index contributed by atoms with van der Waals surface area (Å²) in [5, 5.41) is 19.8. The summed E-state index contributed by atoms with van der Waals surface area (Å²) in [6, 6.07) is 6.10. The van der Waals surface area contributed by atoms with Crippen LogP contribution in [0.25, 0.3) is 22.4 Å². The maximum absolute atomic E-state index is 14.1. The van der Waals surface area contributed by atoms with E-state index < -0.39 is 5.92 Å². The first kappa shape index (κ1) is 17.2. The van der Waals surface area contributed by atoms with Gasteiger partial charge in [-0.25, -0.2) is 18.7 Å². The number of hydrogen-bond donors (Lipinski definition) is 3. The first-order chi connectivity index (χ1) is 11.9. The molecule has 3 aromatic rings. The Balaban J connectivity index is 2.14. The van der Waals surface area contributed by atoms with Crippen LogP contribution in [0.4, 0.5) is 14.6 Å². The van der Waals surface area contributed by atoms with Crippen molar-refractivity contribution in [1.29, 1.82) is 0 Å². The van der Waals surface area contributed by atoms with Gasteiger partial charge >= 0.3 is 0 Å². The third kappa shape index (κ3) is 3.43. The molecule has 3 N–H and O–H groups in total. The van der Waals surface area contributed by atoms with Crippen LogP contribution in [0.1, 0.15) is 25.8 Å². The molecule has 132 valence electrons. The molecule has 6 nitrogen and oxygen atoms in total. The summed E-state index contributed by atoms with van der Waals surface area (Å²) < 4.78 is 28.2. The molecule has 3 rings (SSSR count). The summed E-state index contributed by atoms with van der Waals surface area (Å²) >= 11 is 0.